The van der Waals surface area contributed by atoms with Gasteiger partial charge < -0.3 is 19.6 Å². The van der Waals surface area contributed by atoms with Crippen LogP contribution < -0.4 is 10.9 Å². The van der Waals surface area contributed by atoms with Gasteiger partial charge in [-0.3, -0.25) is 14.4 Å². The third-order valence-corrected chi connectivity index (χ3v) is 7.38. The number of aromatic amines is 1. The van der Waals surface area contributed by atoms with Gasteiger partial charge in [0.2, 0.25) is 5.91 Å². The quantitative estimate of drug-likeness (QED) is 0.443. The van der Waals surface area contributed by atoms with E-state index in [0.717, 1.165) is 17.5 Å². The summed E-state index contributed by atoms with van der Waals surface area (Å²) in [6.45, 7) is 0.398. The largest absolute Gasteiger partial charge is 0.459 e. The summed E-state index contributed by atoms with van der Waals surface area (Å²) in [4.78, 5) is 46.8. The van der Waals surface area contributed by atoms with Crippen LogP contribution in [0.3, 0.4) is 0 Å². The smallest absolute Gasteiger partial charge is 0.290 e. The van der Waals surface area contributed by atoms with Gasteiger partial charge >= 0.3 is 0 Å². The third kappa shape index (κ3) is 4.14. The van der Waals surface area contributed by atoms with Crippen LogP contribution in [0.15, 0.2) is 75.8 Å². The Hall–Kier alpha value is -4.46. The standard InChI is InChI=1S/C29H26N4O4/c1-30-28(35)25-14-22-20(13-19-4-2-3-5-21(19)22)16-33(25)29(36)27-18(10-11-37-27)8-6-17-7-9-23-24(12-17)31-15-26(34)32-23/h2-5,7,9-12,15,25H,6,8,13-14,16H2,1H3,(H,30,35)(H,32,34)/t25-/m1/s1. The summed E-state index contributed by atoms with van der Waals surface area (Å²) in [5, 5.41) is 2.73. The molecule has 186 valence electrons. The van der Waals surface area contributed by atoms with Crippen LogP contribution in [0.4, 0.5) is 0 Å². The molecule has 2 aliphatic rings. The Balaban J connectivity index is 1.24. The highest BCUT2D eigenvalue weighted by Gasteiger charge is 2.39. The lowest BCUT2D eigenvalue weighted by atomic mass is 9.92. The second-order valence-electron chi connectivity index (χ2n) is 9.56. The number of rotatable bonds is 5. The number of fused-ring (bicyclic) bond motifs is 3. The number of carbonyl (C=O) groups excluding carboxylic acids is 2. The molecule has 2 aromatic carbocycles. The van der Waals surface area contributed by atoms with Crippen LogP contribution in [-0.2, 0) is 24.1 Å². The first-order valence-corrected chi connectivity index (χ1v) is 12.4. The molecule has 0 bridgehead atoms. The van der Waals surface area contributed by atoms with E-state index in [2.05, 4.69) is 27.4 Å². The SMILES string of the molecule is CNC(=O)[C@H]1CC2=C(Cc3ccccc32)CN1C(=O)c1occc1CCc1ccc2[nH]c(=O)cnc2c1. The highest BCUT2D eigenvalue weighted by molar-refractivity contribution is 5.99. The molecule has 1 aliphatic heterocycles. The molecule has 2 aromatic heterocycles. The van der Waals surface area contributed by atoms with Crippen molar-refractivity contribution in [3.05, 3.63) is 105 Å². The van der Waals surface area contributed by atoms with Crippen LogP contribution in [0, 0.1) is 0 Å². The fourth-order valence-corrected chi connectivity index (χ4v) is 5.50. The summed E-state index contributed by atoms with van der Waals surface area (Å²) in [5.74, 6) is -0.176. The van der Waals surface area contributed by atoms with Crippen molar-refractivity contribution in [2.45, 2.75) is 31.7 Å². The van der Waals surface area contributed by atoms with E-state index in [0.29, 0.717) is 36.8 Å². The van der Waals surface area contributed by atoms with E-state index in [4.69, 9.17) is 4.42 Å². The molecule has 2 N–H and O–H groups in total. The molecule has 37 heavy (non-hydrogen) atoms. The minimum atomic E-state index is -0.603. The Morgan fingerprint density at radius 1 is 1.16 bits per heavy atom. The lowest BCUT2D eigenvalue weighted by molar-refractivity contribution is -0.125. The molecule has 0 radical (unpaired) electrons. The molecular weight excluding hydrogens is 468 g/mol. The number of benzene rings is 2. The van der Waals surface area contributed by atoms with Crippen LogP contribution in [-0.4, -0.2) is 46.3 Å². The van der Waals surface area contributed by atoms with Crippen molar-refractivity contribution in [1.29, 1.82) is 0 Å². The van der Waals surface area contributed by atoms with E-state index in [9.17, 15) is 14.4 Å². The minimum Gasteiger partial charge on any atom is -0.459 e. The number of nitrogens with zero attached hydrogens (tertiary/aromatic N) is 2. The van der Waals surface area contributed by atoms with E-state index in [1.807, 2.05) is 36.4 Å². The lowest BCUT2D eigenvalue weighted by Gasteiger charge is -2.35. The van der Waals surface area contributed by atoms with Crippen LogP contribution in [0.5, 0.6) is 0 Å². The fraction of sp³-hybridized carbons (Fsp3) is 0.241. The predicted octanol–water partition coefficient (Wildman–Crippen LogP) is 3.27. The van der Waals surface area contributed by atoms with Crippen LogP contribution in [0.1, 0.15) is 39.2 Å². The molecule has 0 unspecified atom stereocenters. The second-order valence-corrected chi connectivity index (χ2v) is 9.56. The molecule has 3 heterocycles. The Morgan fingerprint density at radius 2 is 2.03 bits per heavy atom. The first-order chi connectivity index (χ1) is 18.0. The summed E-state index contributed by atoms with van der Waals surface area (Å²) < 4.78 is 5.70. The van der Waals surface area contributed by atoms with Crippen molar-refractivity contribution in [2.75, 3.05) is 13.6 Å². The zero-order chi connectivity index (χ0) is 25.5. The number of likely N-dealkylation sites (N-methyl/N-ethyl adjacent to an activating group) is 1. The average Bonchev–Trinajstić information content (AvgIpc) is 3.54. The maximum atomic E-state index is 13.8. The number of aryl methyl sites for hydroxylation is 2. The van der Waals surface area contributed by atoms with E-state index in [1.165, 1.54) is 34.7 Å². The highest BCUT2D eigenvalue weighted by atomic mass is 16.3. The number of nitrogens with one attached hydrogen (secondary N) is 2. The molecule has 1 aliphatic carbocycles. The normalized spacial score (nSPS) is 16.6. The summed E-state index contributed by atoms with van der Waals surface area (Å²) >= 11 is 0. The molecule has 2 amide bonds. The Morgan fingerprint density at radius 3 is 2.89 bits per heavy atom. The molecule has 1 atom stereocenters. The summed E-state index contributed by atoms with van der Waals surface area (Å²) in [5.41, 5.74) is 7.78. The van der Waals surface area contributed by atoms with Gasteiger partial charge in [-0.2, -0.15) is 0 Å². The van der Waals surface area contributed by atoms with Crippen molar-refractivity contribution >= 4 is 28.4 Å². The van der Waals surface area contributed by atoms with Gasteiger partial charge in [-0.15, -0.1) is 0 Å². The zero-order valence-corrected chi connectivity index (χ0v) is 20.4. The molecule has 4 aromatic rings. The Labute approximate surface area is 213 Å². The maximum Gasteiger partial charge on any atom is 0.290 e. The van der Waals surface area contributed by atoms with E-state index in [-0.39, 0.29) is 23.1 Å². The van der Waals surface area contributed by atoms with Crippen molar-refractivity contribution < 1.29 is 14.0 Å². The lowest BCUT2D eigenvalue weighted by Crippen LogP contribution is -2.51. The van der Waals surface area contributed by atoms with Gasteiger partial charge in [0.1, 0.15) is 6.04 Å². The van der Waals surface area contributed by atoms with Gasteiger partial charge in [0.15, 0.2) is 5.76 Å². The fourth-order valence-electron chi connectivity index (χ4n) is 5.50. The number of furan rings is 1. The number of aromatic nitrogens is 2. The van der Waals surface area contributed by atoms with Crippen molar-refractivity contribution in [3.63, 3.8) is 0 Å². The Kier molecular flexibility index (Phi) is 5.71. The minimum absolute atomic E-state index is 0.181. The maximum absolute atomic E-state index is 13.8. The average molecular weight is 495 g/mol. The second kappa shape index (κ2) is 9.20. The molecule has 0 saturated heterocycles. The molecule has 6 rings (SSSR count). The zero-order valence-electron chi connectivity index (χ0n) is 20.4. The first-order valence-electron chi connectivity index (χ1n) is 12.4. The van der Waals surface area contributed by atoms with Crippen LogP contribution in [0.2, 0.25) is 0 Å². The number of amides is 2. The van der Waals surface area contributed by atoms with Gasteiger partial charge in [-0.25, -0.2) is 4.98 Å². The van der Waals surface area contributed by atoms with Crippen molar-refractivity contribution in [1.82, 2.24) is 20.2 Å². The van der Waals surface area contributed by atoms with Crippen molar-refractivity contribution in [3.8, 4) is 0 Å². The van der Waals surface area contributed by atoms with Gasteiger partial charge in [0.25, 0.3) is 11.5 Å². The van der Waals surface area contributed by atoms with Gasteiger partial charge in [0, 0.05) is 25.6 Å². The predicted molar refractivity (Wildman–Crippen MR) is 139 cm³/mol. The van der Waals surface area contributed by atoms with E-state index in [1.54, 1.807) is 11.9 Å². The van der Waals surface area contributed by atoms with Crippen LogP contribution in [0.25, 0.3) is 16.6 Å². The Bertz CT molecular complexity index is 1630. The number of hydrogen-bond acceptors (Lipinski definition) is 5. The molecule has 0 fully saturated rings. The van der Waals surface area contributed by atoms with Crippen molar-refractivity contribution in [2.24, 2.45) is 0 Å². The summed E-state index contributed by atoms with van der Waals surface area (Å²) in [6, 6.07) is 15.2. The number of H-pyrrole nitrogens is 1. The van der Waals surface area contributed by atoms with Crippen LogP contribution >= 0.6 is 0 Å². The molecule has 8 nitrogen and oxygen atoms in total. The monoisotopic (exact) mass is 494 g/mol. The summed E-state index contributed by atoms with van der Waals surface area (Å²) in [6.07, 6.45) is 5.33. The summed E-state index contributed by atoms with van der Waals surface area (Å²) in [7, 11) is 1.60. The van der Waals surface area contributed by atoms with E-state index < -0.39 is 6.04 Å². The number of hydrogen-bond donors (Lipinski definition) is 2. The van der Waals surface area contributed by atoms with E-state index >= 15 is 0 Å². The molecule has 0 saturated carbocycles. The molecule has 0 spiro atoms. The van der Waals surface area contributed by atoms with Gasteiger partial charge in [0.05, 0.1) is 23.5 Å². The molecular formula is C29H26N4O4. The third-order valence-electron chi connectivity index (χ3n) is 7.38. The first kappa shape index (κ1) is 23.0. The highest BCUT2D eigenvalue weighted by Crippen LogP contribution is 2.40. The topological polar surface area (TPSA) is 108 Å². The van der Waals surface area contributed by atoms with Gasteiger partial charge in [-0.05, 0) is 65.3 Å². The number of carbonyl (C=O) groups is 2. The molecule has 8 heteroatoms. The van der Waals surface area contributed by atoms with Gasteiger partial charge in [-0.1, -0.05) is 30.3 Å².